The van der Waals surface area contributed by atoms with E-state index in [1.807, 2.05) is 24.3 Å². The molecule has 0 saturated heterocycles. The molecule has 0 aliphatic heterocycles. The van der Waals surface area contributed by atoms with Crippen LogP contribution in [0.4, 0.5) is 0 Å². The number of benzene rings is 4. The normalized spacial score (nSPS) is 11.3. The van der Waals surface area contributed by atoms with E-state index in [4.69, 9.17) is 4.42 Å². The SMILES string of the molecule is c1cc2cc(c1)oc1ccc3cccc(c3c1)c1ccccc1[nH]2. The van der Waals surface area contributed by atoms with Crippen LogP contribution in [-0.4, -0.2) is 4.98 Å². The summed E-state index contributed by atoms with van der Waals surface area (Å²) in [4.78, 5) is 3.53. The van der Waals surface area contributed by atoms with E-state index in [2.05, 4.69) is 65.6 Å². The van der Waals surface area contributed by atoms with Gasteiger partial charge in [-0.3, -0.25) is 0 Å². The smallest absolute Gasteiger partial charge is 0.129 e. The second-order valence-corrected chi connectivity index (χ2v) is 5.99. The summed E-state index contributed by atoms with van der Waals surface area (Å²) in [5.41, 5.74) is 3.79. The first kappa shape index (κ1) is 13.2. The van der Waals surface area contributed by atoms with Crippen LogP contribution in [0, 0.1) is 0 Å². The van der Waals surface area contributed by atoms with Gasteiger partial charge in [-0.15, -0.1) is 0 Å². The molecular formula is C22H15NO. The minimum Gasteiger partial charge on any atom is -0.457 e. The third kappa shape index (κ3) is 2.12. The number of hydrogen-bond acceptors (Lipinski definition) is 1. The van der Waals surface area contributed by atoms with E-state index in [1.165, 1.54) is 21.5 Å². The predicted molar refractivity (Wildman–Crippen MR) is 101 cm³/mol. The molecule has 2 nitrogen and oxygen atoms in total. The lowest BCUT2D eigenvalue weighted by molar-refractivity contribution is 0.656. The van der Waals surface area contributed by atoms with Crippen molar-refractivity contribution >= 4 is 43.7 Å². The van der Waals surface area contributed by atoms with Crippen LogP contribution in [0.3, 0.4) is 0 Å². The lowest BCUT2D eigenvalue weighted by Crippen LogP contribution is -1.78. The molecule has 0 spiro atoms. The molecule has 0 unspecified atom stereocenters. The molecular weight excluding hydrogens is 294 g/mol. The Bertz CT molecular complexity index is 1260. The monoisotopic (exact) mass is 309 g/mol. The molecule has 0 aliphatic carbocycles. The highest BCUT2D eigenvalue weighted by Crippen LogP contribution is 2.27. The van der Waals surface area contributed by atoms with Crippen LogP contribution < -0.4 is 0 Å². The Labute approximate surface area is 138 Å². The highest BCUT2D eigenvalue weighted by molar-refractivity contribution is 6.11. The summed E-state index contributed by atoms with van der Waals surface area (Å²) >= 11 is 0. The first-order valence-electron chi connectivity index (χ1n) is 8.04. The third-order valence-corrected chi connectivity index (χ3v) is 4.42. The lowest BCUT2D eigenvalue weighted by atomic mass is 10.0. The molecule has 0 saturated carbocycles. The van der Waals surface area contributed by atoms with Gasteiger partial charge in [-0.1, -0.05) is 48.5 Å². The zero-order chi connectivity index (χ0) is 15.9. The van der Waals surface area contributed by atoms with Gasteiger partial charge in [0.15, 0.2) is 0 Å². The standard InChI is InChI=1S/C22H15NO/c1-2-10-22-20(8-1)19-9-3-5-15-11-12-18(14-21(15)19)24-17-7-4-6-16(13-17)23-22/h1-14,23H. The number of rotatable bonds is 0. The van der Waals surface area contributed by atoms with Crippen molar-refractivity contribution < 1.29 is 4.42 Å². The van der Waals surface area contributed by atoms with E-state index >= 15 is 0 Å². The van der Waals surface area contributed by atoms with Crippen molar-refractivity contribution in [2.24, 2.45) is 0 Å². The molecule has 2 heteroatoms. The molecule has 0 radical (unpaired) electrons. The Kier molecular flexibility index (Phi) is 2.83. The van der Waals surface area contributed by atoms with E-state index in [9.17, 15) is 0 Å². The number of fused-ring (bicyclic) bond motifs is 5. The molecule has 114 valence electrons. The average Bonchev–Trinajstić information content (AvgIpc) is 2.63. The van der Waals surface area contributed by atoms with Gasteiger partial charge in [0.25, 0.3) is 0 Å². The van der Waals surface area contributed by atoms with Gasteiger partial charge in [0, 0.05) is 22.5 Å². The number of para-hydroxylation sites is 1. The maximum absolute atomic E-state index is 6.07. The quantitative estimate of drug-likeness (QED) is 0.355. The third-order valence-electron chi connectivity index (χ3n) is 4.42. The zero-order valence-electron chi connectivity index (χ0n) is 13.0. The molecule has 4 aromatic carbocycles. The van der Waals surface area contributed by atoms with E-state index < -0.39 is 0 Å². The van der Waals surface area contributed by atoms with Gasteiger partial charge >= 0.3 is 0 Å². The van der Waals surface area contributed by atoms with Crippen molar-refractivity contribution in [1.82, 2.24) is 4.98 Å². The molecule has 1 aromatic heterocycles. The Balaban J connectivity index is 2.17. The Morgan fingerprint density at radius 3 is 2.42 bits per heavy atom. The minimum atomic E-state index is 0.830. The van der Waals surface area contributed by atoms with E-state index in [1.54, 1.807) is 0 Å². The van der Waals surface area contributed by atoms with Crippen molar-refractivity contribution in [2.45, 2.75) is 0 Å². The van der Waals surface area contributed by atoms with Crippen LogP contribution >= 0.6 is 0 Å². The summed E-state index contributed by atoms with van der Waals surface area (Å²) in [5, 5.41) is 4.79. The molecule has 0 amide bonds. The molecule has 0 atom stereocenters. The molecule has 0 fully saturated rings. The lowest BCUT2D eigenvalue weighted by Gasteiger charge is -2.03. The maximum Gasteiger partial charge on any atom is 0.129 e. The zero-order valence-corrected chi connectivity index (χ0v) is 13.0. The van der Waals surface area contributed by atoms with Gasteiger partial charge in [0.1, 0.15) is 11.2 Å². The van der Waals surface area contributed by atoms with Gasteiger partial charge in [0.05, 0.1) is 0 Å². The van der Waals surface area contributed by atoms with E-state index in [0.29, 0.717) is 0 Å². The van der Waals surface area contributed by atoms with Crippen LogP contribution in [0.1, 0.15) is 0 Å². The Hall–Kier alpha value is -3.26. The van der Waals surface area contributed by atoms with Gasteiger partial charge in [0.2, 0.25) is 0 Å². The summed E-state index contributed by atoms with van der Waals surface area (Å²) in [6.45, 7) is 0. The van der Waals surface area contributed by atoms with Crippen molar-refractivity contribution in [3.63, 3.8) is 0 Å². The van der Waals surface area contributed by atoms with Crippen LogP contribution in [0.2, 0.25) is 0 Å². The summed E-state index contributed by atoms with van der Waals surface area (Å²) in [7, 11) is 0. The predicted octanol–water partition coefficient (Wildman–Crippen LogP) is 6.34. The van der Waals surface area contributed by atoms with Crippen molar-refractivity contribution in [1.29, 1.82) is 0 Å². The van der Waals surface area contributed by atoms with Gasteiger partial charge < -0.3 is 9.40 Å². The second-order valence-electron chi connectivity index (χ2n) is 5.99. The molecule has 1 heterocycles. The molecule has 5 rings (SSSR count). The summed E-state index contributed by atoms with van der Waals surface area (Å²) in [5.74, 6) is 0. The summed E-state index contributed by atoms with van der Waals surface area (Å²) < 4.78 is 6.07. The highest BCUT2D eigenvalue weighted by atomic mass is 16.3. The fourth-order valence-electron chi connectivity index (χ4n) is 3.31. The van der Waals surface area contributed by atoms with Crippen LogP contribution in [0.15, 0.2) is 89.3 Å². The number of aromatic amines is 1. The first-order chi connectivity index (χ1) is 11.9. The number of H-pyrrole nitrogens is 1. The fourth-order valence-corrected chi connectivity index (χ4v) is 3.31. The minimum absolute atomic E-state index is 0.830. The topological polar surface area (TPSA) is 28.9 Å². The number of nitrogens with one attached hydrogen (secondary N) is 1. The van der Waals surface area contributed by atoms with Crippen LogP contribution in [-0.2, 0) is 0 Å². The highest BCUT2D eigenvalue weighted by Gasteiger charge is 2.02. The average molecular weight is 309 g/mol. The summed E-state index contributed by atoms with van der Waals surface area (Å²) in [6, 6.07) is 29.1. The largest absolute Gasteiger partial charge is 0.457 e. The van der Waals surface area contributed by atoms with Crippen molar-refractivity contribution in [3.8, 4) is 0 Å². The molecule has 24 heavy (non-hydrogen) atoms. The van der Waals surface area contributed by atoms with E-state index in [-0.39, 0.29) is 0 Å². The van der Waals surface area contributed by atoms with Gasteiger partial charge in [-0.2, -0.15) is 0 Å². The maximum atomic E-state index is 6.07. The molecule has 4 bridgehead atoms. The number of aromatic nitrogens is 1. The Morgan fingerprint density at radius 2 is 1.42 bits per heavy atom. The first-order valence-corrected chi connectivity index (χ1v) is 8.04. The molecule has 1 N–H and O–H groups in total. The fraction of sp³-hybridized carbons (Fsp3) is 0. The van der Waals surface area contributed by atoms with E-state index in [0.717, 1.165) is 22.2 Å². The summed E-state index contributed by atoms with van der Waals surface area (Å²) in [6.07, 6.45) is 0. The van der Waals surface area contributed by atoms with Crippen LogP contribution in [0.5, 0.6) is 0 Å². The molecule has 0 aliphatic rings. The second kappa shape index (κ2) is 5.14. The molecule has 5 aromatic rings. The van der Waals surface area contributed by atoms with Crippen molar-refractivity contribution in [2.75, 3.05) is 0 Å². The van der Waals surface area contributed by atoms with Gasteiger partial charge in [-0.05, 0) is 46.5 Å². The van der Waals surface area contributed by atoms with Crippen molar-refractivity contribution in [3.05, 3.63) is 84.9 Å². The number of hydrogen-bond donors (Lipinski definition) is 1. The van der Waals surface area contributed by atoms with Gasteiger partial charge in [-0.25, -0.2) is 0 Å². The van der Waals surface area contributed by atoms with Crippen LogP contribution in [0.25, 0.3) is 43.7 Å². The Morgan fingerprint density at radius 1 is 0.583 bits per heavy atom.